The second kappa shape index (κ2) is 4.51. The summed E-state index contributed by atoms with van der Waals surface area (Å²) in [5, 5.41) is 2.98. The van der Waals surface area contributed by atoms with E-state index in [0.29, 0.717) is 5.92 Å². The Morgan fingerprint density at radius 1 is 1.35 bits per heavy atom. The second-order valence-corrected chi connectivity index (χ2v) is 6.42. The number of para-hydroxylation sites is 2. The number of rotatable bonds is 1. The third-order valence-electron chi connectivity index (χ3n) is 3.45. The van der Waals surface area contributed by atoms with Gasteiger partial charge in [0.15, 0.2) is 0 Å². The molecule has 0 atom stereocenters. The van der Waals surface area contributed by atoms with Crippen molar-refractivity contribution in [1.82, 2.24) is 20.2 Å². The van der Waals surface area contributed by atoms with Crippen molar-refractivity contribution >= 4 is 17.1 Å². The Balaban J connectivity index is 1.64. The van der Waals surface area contributed by atoms with Crippen molar-refractivity contribution in [3.05, 3.63) is 30.1 Å². The van der Waals surface area contributed by atoms with Crippen molar-refractivity contribution in [2.45, 2.75) is 32.2 Å². The van der Waals surface area contributed by atoms with Gasteiger partial charge in [-0.1, -0.05) is 12.1 Å². The summed E-state index contributed by atoms with van der Waals surface area (Å²) >= 11 is 0. The molecule has 0 spiro atoms. The number of amides is 2. The number of H-pyrrole nitrogens is 1. The van der Waals surface area contributed by atoms with E-state index in [0.717, 1.165) is 29.9 Å². The van der Waals surface area contributed by atoms with Gasteiger partial charge < -0.3 is 15.2 Å². The zero-order valence-electron chi connectivity index (χ0n) is 12.1. The van der Waals surface area contributed by atoms with Gasteiger partial charge in [0.1, 0.15) is 5.82 Å². The van der Waals surface area contributed by atoms with Crippen LogP contribution in [-0.4, -0.2) is 39.5 Å². The highest BCUT2D eigenvalue weighted by Gasteiger charge is 2.34. The van der Waals surface area contributed by atoms with Crippen molar-refractivity contribution in [3.63, 3.8) is 0 Å². The number of likely N-dealkylation sites (tertiary alicyclic amines) is 1. The molecule has 106 valence electrons. The molecular weight excluding hydrogens is 252 g/mol. The molecule has 0 bridgehead atoms. The predicted molar refractivity (Wildman–Crippen MR) is 78.7 cm³/mol. The Kier molecular flexibility index (Phi) is 2.92. The van der Waals surface area contributed by atoms with Crippen LogP contribution in [0.15, 0.2) is 24.3 Å². The molecule has 1 aromatic heterocycles. The molecule has 5 heteroatoms. The molecule has 3 rings (SSSR count). The molecule has 0 aliphatic carbocycles. The van der Waals surface area contributed by atoms with Crippen molar-refractivity contribution in [2.75, 3.05) is 13.1 Å². The molecule has 1 aliphatic rings. The van der Waals surface area contributed by atoms with E-state index >= 15 is 0 Å². The maximum Gasteiger partial charge on any atom is 0.317 e. The number of aromatic amines is 1. The molecule has 1 aromatic carbocycles. The fourth-order valence-electron chi connectivity index (χ4n) is 2.38. The quantitative estimate of drug-likeness (QED) is 0.837. The summed E-state index contributed by atoms with van der Waals surface area (Å²) in [4.78, 5) is 21.7. The molecule has 1 aliphatic heterocycles. The number of carbonyl (C=O) groups excluding carboxylic acids is 1. The third-order valence-corrected chi connectivity index (χ3v) is 3.45. The number of imidazole rings is 1. The number of nitrogens with zero attached hydrogens (tertiary/aromatic N) is 2. The van der Waals surface area contributed by atoms with Gasteiger partial charge in [-0.3, -0.25) is 0 Å². The lowest BCUT2D eigenvalue weighted by Gasteiger charge is -2.39. The van der Waals surface area contributed by atoms with Gasteiger partial charge in [-0.2, -0.15) is 0 Å². The summed E-state index contributed by atoms with van der Waals surface area (Å²) in [7, 11) is 0. The van der Waals surface area contributed by atoms with Crippen LogP contribution in [0.3, 0.4) is 0 Å². The number of aromatic nitrogens is 2. The average Bonchev–Trinajstić information content (AvgIpc) is 2.67. The smallest absolute Gasteiger partial charge is 0.317 e. The highest BCUT2D eigenvalue weighted by molar-refractivity contribution is 5.77. The highest BCUT2D eigenvalue weighted by Crippen LogP contribution is 2.26. The minimum Gasteiger partial charge on any atom is -0.342 e. The number of hydrogen-bond acceptors (Lipinski definition) is 2. The Morgan fingerprint density at radius 3 is 2.70 bits per heavy atom. The standard InChI is InChI=1S/C15H20N4O/c1-15(2,3)18-14(20)19-8-10(9-19)13-16-11-6-4-5-7-12(11)17-13/h4-7,10H,8-9H2,1-3H3,(H,16,17)(H,18,20). The molecule has 1 saturated heterocycles. The Hall–Kier alpha value is -2.04. The lowest BCUT2D eigenvalue weighted by Crippen LogP contribution is -2.56. The van der Waals surface area contributed by atoms with E-state index in [2.05, 4.69) is 15.3 Å². The summed E-state index contributed by atoms with van der Waals surface area (Å²) in [6.45, 7) is 7.41. The summed E-state index contributed by atoms with van der Waals surface area (Å²) in [5.41, 5.74) is 1.85. The van der Waals surface area contributed by atoms with Crippen LogP contribution in [0.1, 0.15) is 32.5 Å². The minimum atomic E-state index is -0.193. The fourth-order valence-corrected chi connectivity index (χ4v) is 2.38. The highest BCUT2D eigenvalue weighted by atomic mass is 16.2. The molecule has 0 radical (unpaired) electrons. The number of carbonyl (C=O) groups is 1. The van der Waals surface area contributed by atoms with E-state index in [1.165, 1.54) is 0 Å². The molecule has 20 heavy (non-hydrogen) atoms. The summed E-state index contributed by atoms with van der Waals surface area (Å²) in [6, 6.07) is 8.00. The SMILES string of the molecule is CC(C)(C)NC(=O)N1CC(c2nc3ccccc3[nH]2)C1. The predicted octanol–water partition coefficient (Wildman–Crippen LogP) is 2.47. The van der Waals surface area contributed by atoms with Crippen LogP contribution in [0, 0.1) is 0 Å². The Labute approximate surface area is 118 Å². The normalized spacial score (nSPS) is 16.2. The van der Waals surface area contributed by atoms with E-state index in [9.17, 15) is 4.79 Å². The van der Waals surface area contributed by atoms with Crippen molar-refractivity contribution in [3.8, 4) is 0 Å². The molecule has 2 heterocycles. The van der Waals surface area contributed by atoms with Crippen LogP contribution < -0.4 is 5.32 Å². The molecule has 5 nitrogen and oxygen atoms in total. The summed E-state index contributed by atoms with van der Waals surface area (Å²) in [6.07, 6.45) is 0. The van der Waals surface area contributed by atoms with Gasteiger partial charge in [-0.15, -0.1) is 0 Å². The number of nitrogens with one attached hydrogen (secondary N) is 2. The lowest BCUT2D eigenvalue weighted by molar-refractivity contribution is 0.142. The van der Waals surface area contributed by atoms with Crippen molar-refractivity contribution in [1.29, 1.82) is 0 Å². The first-order valence-corrected chi connectivity index (χ1v) is 6.94. The van der Waals surface area contributed by atoms with Crippen LogP contribution in [0.4, 0.5) is 4.79 Å². The van der Waals surface area contributed by atoms with Gasteiger partial charge in [0.2, 0.25) is 0 Å². The van der Waals surface area contributed by atoms with Crippen LogP contribution in [0.5, 0.6) is 0 Å². The van der Waals surface area contributed by atoms with E-state index in [1.807, 2.05) is 49.9 Å². The van der Waals surface area contributed by atoms with Gasteiger partial charge >= 0.3 is 6.03 Å². The van der Waals surface area contributed by atoms with E-state index in [1.54, 1.807) is 0 Å². The lowest BCUT2D eigenvalue weighted by atomic mass is 10.00. The van der Waals surface area contributed by atoms with Gasteiger partial charge in [0, 0.05) is 18.6 Å². The van der Waals surface area contributed by atoms with Crippen LogP contribution in [0.2, 0.25) is 0 Å². The molecule has 2 amide bonds. The van der Waals surface area contributed by atoms with E-state index < -0.39 is 0 Å². The van der Waals surface area contributed by atoms with Gasteiger partial charge in [0.05, 0.1) is 17.0 Å². The van der Waals surface area contributed by atoms with Gasteiger partial charge in [0.25, 0.3) is 0 Å². The zero-order chi connectivity index (χ0) is 14.3. The van der Waals surface area contributed by atoms with Crippen LogP contribution in [-0.2, 0) is 0 Å². The van der Waals surface area contributed by atoms with Crippen molar-refractivity contribution in [2.24, 2.45) is 0 Å². The third kappa shape index (κ3) is 2.48. The molecule has 0 saturated carbocycles. The molecule has 1 fully saturated rings. The first-order valence-electron chi connectivity index (χ1n) is 6.94. The Bertz CT molecular complexity index is 602. The number of fused-ring (bicyclic) bond motifs is 1. The number of hydrogen-bond donors (Lipinski definition) is 2. The maximum atomic E-state index is 12.0. The number of urea groups is 1. The largest absolute Gasteiger partial charge is 0.342 e. The first-order chi connectivity index (χ1) is 9.42. The summed E-state index contributed by atoms with van der Waals surface area (Å²) < 4.78 is 0. The monoisotopic (exact) mass is 272 g/mol. The molecule has 2 N–H and O–H groups in total. The van der Waals surface area contributed by atoms with E-state index in [-0.39, 0.29) is 11.6 Å². The van der Waals surface area contributed by atoms with Gasteiger partial charge in [-0.05, 0) is 32.9 Å². The van der Waals surface area contributed by atoms with Gasteiger partial charge in [-0.25, -0.2) is 9.78 Å². The zero-order valence-corrected chi connectivity index (χ0v) is 12.1. The Morgan fingerprint density at radius 2 is 2.05 bits per heavy atom. The van der Waals surface area contributed by atoms with E-state index in [4.69, 9.17) is 0 Å². The van der Waals surface area contributed by atoms with Crippen LogP contribution >= 0.6 is 0 Å². The number of benzene rings is 1. The van der Waals surface area contributed by atoms with Crippen molar-refractivity contribution < 1.29 is 4.79 Å². The van der Waals surface area contributed by atoms with Crippen LogP contribution in [0.25, 0.3) is 11.0 Å². The maximum absolute atomic E-state index is 12.0. The second-order valence-electron chi connectivity index (χ2n) is 6.42. The topological polar surface area (TPSA) is 61.0 Å². The average molecular weight is 272 g/mol. The fraction of sp³-hybridized carbons (Fsp3) is 0.467. The molecular formula is C15H20N4O. The summed E-state index contributed by atoms with van der Waals surface area (Å²) in [5.74, 6) is 1.29. The minimum absolute atomic E-state index is 0.00450. The first kappa shape index (κ1) is 13.0. The molecule has 2 aromatic rings. The molecule has 0 unspecified atom stereocenters.